The van der Waals surface area contributed by atoms with E-state index in [9.17, 15) is 22.7 Å². The number of carbonyl (C=O) groups is 1. The van der Waals surface area contributed by atoms with Crippen LogP contribution in [0.3, 0.4) is 0 Å². The maximum Gasteiger partial charge on any atom is 0.255 e. The zero-order chi connectivity index (χ0) is 24.5. The van der Waals surface area contributed by atoms with Gasteiger partial charge in [-0.2, -0.15) is 0 Å². The zero-order valence-electron chi connectivity index (χ0n) is 19.0. The first kappa shape index (κ1) is 24.5. The standard InChI is InChI=1S/C23H27FN2O6S/c1-13(2)31-20-10-17-19(11-18(20)26(12-14(3)27)33(5,29)30)32-22(21(17)23(28)25-4)15-6-8-16(24)9-7-15/h6-11,13-14,27H,12H2,1-5H3,(H,25,28). The van der Waals surface area contributed by atoms with Crippen molar-refractivity contribution in [1.82, 2.24) is 5.32 Å². The van der Waals surface area contributed by atoms with Crippen molar-refractivity contribution in [3.8, 4) is 17.1 Å². The van der Waals surface area contributed by atoms with Gasteiger partial charge in [0.2, 0.25) is 10.0 Å². The molecule has 33 heavy (non-hydrogen) atoms. The van der Waals surface area contributed by atoms with Gasteiger partial charge in [-0.15, -0.1) is 0 Å². The third-order valence-corrected chi connectivity index (χ3v) is 5.94. The van der Waals surface area contributed by atoms with E-state index in [1.807, 2.05) is 0 Å². The van der Waals surface area contributed by atoms with E-state index in [0.717, 1.165) is 10.6 Å². The van der Waals surface area contributed by atoms with Gasteiger partial charge in [-0.1, -0.05) is 0 Å². The molecule has 178 valence electrons. The second-order valence-corrected chi connectivity index (χ2v) is 9.92. The molecule has 8 nitrogen and oxygen atoms in total. The van der Waals surface area contributed by atoms with Crippen LogP contribution in [0.1, 0.15) is 31.1 Å². The van der Waals surface area contributed by atoms with E-state index in [4.69, 9.17) is 9.15 Å². The van der Waals surface area contributed by atoms with Gasteiger partial charge in [-0.3, -0.25) is 9.10 Å². The van der Waals surface area contributed by atoms with Gasteiger partial charge >= 0.3 is 0 Å². The fourth-order valence-electron chi connectivity index (χ4n) is 3.46. The molecule has 3 rings (SSSR count). The van der Waals surface area contributed by atoms with Crippen molar-refractivity contribution in [2.75, 3.05) is 24.2 Å². The molecular weight excluding hydrogens is 451 g/mol. The summed E-state index contributed by atoms with van der Waals surface area (Å²) in [4.78, 5) is 12.8. The first-order valence-electron chi connectivity index (χ1n) is 10.3. The predicted octanol–water partition coefficient (Wildman–Crippen LogP) is 3.53. The number of rotatable bonds is 8. The number of sulfonamides is 1. The summed E-state index contributed by atoms with van der Waals surface area (Å²) in [5.41, 5.74) is 1.09. The van der Waals surface area contributed by atoms with Gasteiger partial charge < -0.3 is 19.6 Å². The Hall–Kier alpha value is -3.11. The molecule has 0 spiro atoms. The molecule has 2 N–H and O–H groups in total. The quantitative estimate of drug-likeness (QED) is 0.513. The van der Waals surface area contributed by atoms with E-state index in [0.29, 0.717) is 10.9 Å². The van der Waals surface area contributed by atoms with Crippen molar-refractivity contribution < 1.29 is 31.9 Å². The van der Waals surface area contributed by atoms with Crippen LogP contribution in [0.15, 0.2) is 40.8 Å². The number of halogens is 1. The molecule has 2 aromatic carbocycles. The molecule has 0 aliphatic heterocycles. The highest BCUT2D eigenvalue weighted by atomic mass is 32.2. The van der Waals surface area contributed by atoms with E-state index in [1.54, 1.807) is 19.9 Å². The molecule has 0 saturated heterocycles. The van der Waals surface area contributed by atoms with Crippen molar-refractivity contribution in [3.05, 3.63) is 47.8 Å². The van der Waals surface area contributed by atoms with Crippen LogP contribution in [0.4, 0.5) is 10.1 Å². The third-order valence-electron chi connectivity index (χ3n) is 4.79. The largest absolute Gasteiger partial charge is 0.489 e. The number of nitrogens with zero attached hydrogens (tertiary/aromatic N) is 1. The first-order chi connectivity index (χ1) is 15.4. The molecule has 1 amide bonds. The van der Waals surface area contributed by atoms with Gasteiger partial charge in [0.15, 0.2) is 0 Å². The van der Waals surface area contributed by atoms with E-state index in [-0.39, 0.29) is 41.0 Å². The Kier molecular flexibility index (Phi) is 6.99. The van der Waals surface area contributed by atoms with Crippen LogP contribution >= 0.6 is 0 Å². The molecule has 3 aromatic rings. The smallest absolute Gasteiger partial charge is 0.255 e. The summed E-state index contributed by atoms with van der Waals surface area (Å²) in [6.45, 7) is 4.84. The lowest BCUT2D eigenvalue weighted by atomic mass is 10.0. The Labute approximate surface area is 192 Å². The molecular formula is C23H27FN2O6S. The SMILES string of the molecule is CNC(=O)c1c(-c2ccc(F)cc2)oc2cc(N(CC(C)O)S(C)(=O)=O)c(OC(C)C)cc12. The molecule has 0 radical (unpaired) electrons. The number of anilines is 1. The number of ether oxygens (including phenoxy) is 1. The van der Waals surface area contributed by atoms with Crippen LogP contribution in [0.2, 0.25) is 0 Å². The summed E-state index contributed by atoms with van der Waals surface area (Å²) in [6.07, 6.45) is -0.225. The van der Waals surface area contributed by atoms with Gasteiger partial charge in [0, 0.05) is 24.1 Å². The number of nitrogens with one attached hydrogen (secondary N) is 1. The van der Waals surface area contributed by atoms with Crippen LogP contribution < -0.4 is 14.4 Å². The van der Waals surface area contributed by atoms with Crippen molar-refractivity contribution >= 4 is 32.6 Å². The monoisotopic (exact) mass is 478 g/mol. The summed E-state index contributed by atoms with van der Waals surface area (Å²) in [5, 5.41) is 12.9. The number of furan rings is 1. The van der Waals surface area contributed by atoms with Gasteiger partial charge in [0.1, 0.15) is 22.9 Å². The second-order valence-electron chi connectivity index (χ2n) is 8.02. The first-order valence-corrected chi connectivity index (χ1v) is 12.2. The van der Waals surface area contributed by atoms with E-state index < -0.39 is 27.9 Å². The normalized spacial score (nSPS) is 12.7. The Balaban J connectivity index is 2.35. The number of benzene rings is 2. The van der Waals surface area contributed by atoms with Crippen LogP contribution in [0.25, 0.3) is 22.3 Å². The lowest BCUT2D eigenvalue weighted by molar-refractivity contribution is 0.0964. The van der Waals surface area contributed by atoms with E-state index in [1.165, 1.54) is 44.3 Å². The third kappa shape index (κ3) is 5.28. The fourth-order valence-corrected chi connectivity index (χ4v) is 4.45. The fraction of sp³-hybridized carbons (Fsp3) is 0.348. The summed E-state index contributed by atoms with van der Waals surface area (Å²) >= 11 is 0. The number of aliphatic hydroxyl groups is 1. The van der Waals surface area contributed by atoms with Crippen molar-refractivity contribution in [1.29, 1.82) is 0 Å². The van der Waals surface area contributed by atoms with Crippen LogP contribution in [0.5, 0.6) is 5.75 Å². The highest BCUT2D eigenvalue weighted by Gasteiger charge is 2.28. The summed E-state index contributed by atoms with van der Waals surface area (Å²) in [5.74, 6) is -0.452. The van der Waals surface area contributed by atoms with Gasteiger partial charge in [-0.25, -0.2) is 12.8 Å². The summed E-state index contributed by atoms with van der Waals surface area (Å²) in [6, 6.07) is 8.50. The average molecular weight is 479 g/mol. The molecule has 0 aliphatic carbocycles. The maximum absolute atomic E-state index is 13.5. The van der Waals surface area contributed by atoms with Gasteiger partial charge in [-0.05, 0) is 51.1 Å². The highest BCUT2D eigenvalue weighted by molar-refractivity contribution is 7.92. The Morgan fingerprint density at radius 3 is 2.36 bits per heavy atom. The van der Waals surface area contributed by atoms with Crippen LogP contribution in [0, 0.1) is 5.82 Å². The van der Waals surface area contributed by atoms with Gasteiger partial charge in [0.05, 0.1) is 36.3 Å². The minimum atomic E-state index is -3.79. The molecule has 1 aromatic heterocycles. The number of carbonyl (C=O) groups excluding carboxylic acids is 1. The minimum Gasteiger partial charge on any atom is -0.489 e. The number of hydrogen-bond acceptors (Lipinski definition) is 6. The molecule has 0 saturated carbocycles. The molecule has 1 heterocycles. The molecule has 10 heteroatoms. The lowest BCUT2D eigenvalue weighted by Crippen LogP contribution is -2.36. The van der Waals surface area contributed by atoms with Crippen LogP contribution in [-0.4, -0.2) is 51.5 Å². The zero-order valence-corrected chi connectivity index (χ0v) is 19.9. The van der Waals surface area contributed by atoms with Crippen molar-refractivity contribution in [2.24, 2.45) is 0 Å². The topological polar surface area (TPSA) is 109 Å². The maximum atomic E-state index is 13.5. The van der Waals surface area contributed by atoms with E-state index >= 15 is 0 Å². The summed E-state index contributed by atoms with van der Waals surface area (Å²) < 4.78 is 51.5. The van der Waals surface area contributed by atoms with Crippen molar-refractivity contribution in [2.45, 2.75) is 33.0 Å². The number of fused-ring (bicyclic) bond motifs is 1. The Bertz CT molecular complexity index is 1270. The molecule has 1 atom stereocenters. The van der Waals surface area contributed by atoms with Crippen molar-refractivity contribution in [3.63, 3.8) is 0 Å². The number of aliphatic hydroxyl groups excluding tert-OH is 1. The lowest BCUT2D eigenvalue weighted by Gasteiger charge is -2.26. The number of amides is 1. The molecule has 0 fully saturated rings. The minimum absolute atomic E-state index is 0.169. The Morgan fingerprint density at radius 2 is 1.85 bits per heavy atom. The average Bonchev–Trinajstić information content (AvgIpc) is 3.08. The number of hydrogen-bond donors (Lipinski definition) is 2. The predicted molar refractivity (Wildman–Crippen MR) is 125 cm³/mol. The highest BCUT2D eigenvalue weighted by Crippen LogP contribution is 2.41. The second kappa shape index (κ2) is 9.40. The van der Waals surface area contributed by atoms with Crippen LogP contribution in [-0.2, 0) is 10.0 Å². The molecule has 0 bridgehead atoms. The van der Waals surface area contributed by atoms with E-state index in [2.05, 4.69) is 5.32 Å². The summed E-state index contributed by atoms with van der Waals surface area (Å²) in [7, 11) is -2.31. The molecule has 0 aliphatic rings. The molecule has 1 unspecified atom stereocenters. The Morgan fingerprint density at radius 1 is 1.21 bits per heavy atom. The van der Waals surface area contributed by atoms with Gasteiger partial charge in [0.25, 0.3) is 5.91 Å².